The van der Waals surface area contributed by atoms with E-state index in [1.807, 2.05) is 24.3 Å². The fraction of sp³-hybridized carbons (Fsp3) is 0.333. The average Bonchev–Trinajstić information content (AvgIpc) is 2.99. The number of aromatic nitrogens is 3. The number of nitrogens with one attached hydrogen (secondary N) is 1. The molecule has 3 aromatic rings. The van der Waals surface area contributed by atoms with Crippen molar-refractivity contribution in [3.8, 4) is 11.4 Å². The van der Waals surface area contributed by atoms with Crippen molar-refractivity contribution in [2.45, 2.75) is 32.7 Å². The van der Waals surface area contributed by atoms with Gasteiger partial charge in [0, 0.05) is 30.1 Å². The number of pyridine rings is 1. The molecule has 0 bridgehead atoms. The number of rotatable bonds is 4. The number of hydrogen-bond donors (Lipinski definition) is 2. The Kier molecular flexibility index (Phi) is 3.45. The number of carbonyl (C=O) groups is 1. The highest BCUT2D eigenvalue weighted by Gasteiger charge is 2.46. The maximum atomic E-state index is 11.3. The zero-order valence-electron chi connectivity index (χ0n) is 14.0. The van der Waals surface area contributed by atoms with E-state index >= 15 is 0 Å². The number of hydrogen-bond acceptors (Lipinski definition) is 6. The van der Waals surface area contributed by atoms with Crippen molar-refractivity contribution in [1.82, 2.24) is 15.1 Å². The molecule has 0 atom stereocenters. The van der Waals surface area contributed by atoms with Crippen molar-refractivity contribution >= 4 is 22.6 Å². The first-order valence-corrected chi connectivity index (χ1v) is 8.14. The number of benzene rings is 1. The molecule has 2 aromatic heterocycles. The van der Waals surface area contributed by atoms with E-state index in [9.17, 15) is 9.90 Å². The van der Waals surface area contributed by atoms with Gasteiger partial charge in [-0.2, -0.15) is 4.98 Å². The summed E-state index contributed by atoms with van der Waals surface area (Å²) in [5, 5.41) is 18.6. The van der Waals surface area contributed by atoms with Gasteiger partial charge in [-0.05, 0) is 37.3 Å². The molecule has 0 unspecified atom stereocenters. The molecule has 0 amide bonds. The summed E-state index contributed by atoms with van der Waals surface area (Å²) in [6.45, 7) is 3.53. The third-order valence-corrected chi connectivity index (χ3v) is 4.80. The lowest BCUT2D eigenvalue weighted by molar-refractivity contribution is -0.153. The summed E-state index contributed by atoms with van der Waals surface area (Å²) in [7, 11) is 0. The highest BCUT2D eigenvalue weighted by atomic mass is 16.5. The molecule has 1 fully saturated rings. The molecule has 4 rings (SSSR count). The van der Waals surface area contributed by atoms with Gasteiger partial charge in [-0.25, -0.2) is 4.98 Å². The van der Waals surface area contributed by atoms with Gasteiger partial charge in [-0.1, -0.05) is 17.3 Å². The molecule has 1 aliphatic rings. The van der Waals surface area contributed by atoms with E-state index in [4.69, 9.17) is 4.52 Å². The second kappa shape index (κ2) is 5.54. The highest BCUT2D eigenvalue weighted by Crippen LogP contribution is 2.42. The Bertz CT molecular complexity index is 960. The third-order valence-electron chi connectivity index (χ3n) is 4.80. The Balaban J connectivity index is 1.64. The number of fused-ring (bicyclic) bond motifs is 1. The molecule has 1 saturated carbocycles. The molecular formula is C18H18N4O3. The summed E-state index contributed by atoms with van der Waals surface area (Å²) in [6, 6.07) is 7.96. The summed E-state index contributed by atoms with van der Waals surface area (Å²) in [5.41, 5.74) is 0.208. The molecular weight excluding hydrogens is 320 g/mol. The molecule has 0 radical (unpaired) electrons. The molecule has 2 heterocycles. The van der Waals surface area contributed by atoms with Crippen molar-refractivity contribution in [2.75, 3.05) is 5.32 Å². The maximum absolute atomic E-state index is 11.3. The molecule has 7 heteroatoms. The lowest BCUT2D eigenvalue weighted by Crippen LogP contribution is -2.48. The topological polar surface area (TPSA) is 101 Å². The first-order valence-electron chi connectivity index (χ1n) is 8.14. The largest absolute Gasteiger partial charge is 0.481 e. The summed E-state index contributed by atoms with van der Waals surface area (Å²) >= 11 is 0. The van der Waals surface area contributed by atoms with Crippen LogP contribution in [0.5, 0.6) is 0 Å². The molecule has 0 saturated heterocycles. The second-order valence-electron chi connectivity index (χ2n) is 6.85. The summed E-state index contributed by atoms with van der Waals surface area (Å²) < 4.78 is 5.05. The van der Waals surface area contributed by atoms with Gasteiger partial charge in [0.1, 0.15) is 5.82 Å². The number of anilines is 1. The maximum Gasteiger partial charge on any atom is 0.309 e. The quantitative estimate of drug-likeness (QED) is 0.753. The van der Waals surface area contributed by atoms with E-state index in [1.54, 1.807) is 20.0 Å². The van der Waals surface area contributed by atoms with Gasteiger partial charge in [0.05, 0.1) is 5.41 Å². The van der Waals surface area contributed by atoms with Gasteiger partial charge in [0.25, 0.3) is 0 Å². The van der Waals surface area contributed by atoms with Gasteiger partial charge >= 0.3 is 5.97 Å². The van der Waals surface area contributed by atoms with E-state index in [2.05, 4.69) is 20.4 Å². The second-order valence-corrected chi connectivity index (χ2v) is 6.85. The van der Waals surface area contributed by atoms with Gasteiger partial charge < -0.3 is 14.9 Å². The Morgan fingerprint density at radius 2 is 2.16 bits per heavy atom. The minimum Gasteiger partial charge on any atom is -0.481 e. The van der Waals surface area contributed by atoms with Crippen LogP contribution in [-0.2, 0) is 4.79 Å². The van der Waals surface area contributed by atoms with Crippen molar-refractivity contribution in [2.24, 2.45) is 5.41 Å². The molecule has 0 aliphatic heterocycles. The SMILES string of the molecule is Cc1nc(-c2ccc3ccnc(NC4CC(C)(C(=O)O)C4)c3c2)no1. The van der Waals surface area contributed by atoms with Crippen LogP contribution in [0.25, 0.3) is 22.2 Å². The van der Waals surface area contributed by atoms with Crippen LogP contribution in [0.4, 0.5) is 5.82 Å². The number of aryl methyl sites for hydroxylation is 1. The van der Waals surface area contributed by atoms with Crippen LogP contribution >= 0.6 is 0 Å². The lowest BCUT2D eigenvalue weighted by Gasteiger charge is -2.42. The highest BCUT2D eigenvalue weighted by molar-refractivity contribution is 5.94. The molecule has 2 N–H and O–H groups in total. The molecule has 0 spiro atoms. The Morgan fingerprint density at radius 3 is 2.84 bits per heavy atom. The molecule has 25 heavy (non-hydrogen) atoms. The minimum absolute atomic E-state index is 0.107. The Hall–Kier alpha value is -2.96. The van der Waals surface area contributed by atoms with E-state index in [0.717, 1.165) is 22.2 Å². The van der Waals surface area contributed by atoms with Crippen LogP contribution in [0.3, 0.4) is 0 Å². The normalized spacial score (nSPS) is 22.6. The van der Waals surface area contributed by atoms with Crippen molar-refractivity contribution in [1.29, 1.82) is 0 Å². The molecule has 1 aliphatic carbocycles. The Morgan fingerprint density at radius 1 is 1.36 bits per heavy atom. The fourth-order valence-electron chi connectivity index (χ4n) is 3.34. The van der Waals surface area contributed by atoms with E-state index in [0.29, 0.717) is 24.6 Å². The smallest absolute Gasteiger partial charge is 0.309 e. The van der Waals surface area contributed by atoms with Gasteiger partial charge in [-0.15, -0.1) is 0 Å². The predicted octanol–water partition coefficient (Wildman–Crippen LogP) is 3.26. The average molecular weight is 338 g/mol. The van der Waals surface area contributed by atoms with Crippen LogP contribution < -0.4 is 5.32 Å². The minimum atomic E-state index is -0.744. The molecule has 7 nitrogen and oxygen atoms in total. The third kappa shape index (κ3) is 2.71. The van der Waals surface area contributed by atoms with Crippen LogP contribution in [0.15, 0.2) is 35.0 Å². The predicted molar refractivity (Wildman–Crippen MR) is 92.2 cm³/mol. The molecule has 1 aromatic carbocycles. The number of nitrogens with zero attached hydrogens (tertiary/aromatic N) is 3. The summed E-state index contributed by atoms with van der Waals surface area (Å²) in [4.78, 5) is 19.9. The van der Waals surface area contributed by atoms with E-state index < -0.39 is 11.4 Å². The van der Waals surface area contributed by atoms with Gasteiger partial charge in [0.15, 0.2) is 0 Å². The zero-order valence-corrected chi connectivity index (χ0v) is 14.0. The summed E-state index contributed by atoms with van der Waals surface area (Å²) in [5.74, 6) is 1.06. The van der Waals surface area contributed by atoms with E-state index in [-0.39, 0.29) is 6.04 Å². The zero-order chi connectivity index (χ0) is 17.6. The number of carboxylic acids is 1. The van der Waals surface area contributed by atoms with Gasteiger partial charge in [-0.3, -0.25) is 4.79 Å². The summed E-state index contributed by atoms with van der Waals surface area (Å²) in [6.07, 6.45) is 2.92. The Labute approximate surface area is 144 Å². The van der Waals surface area contributed by atoms with Crippen LogP contribution in [-0.4, -0.2) is 32.2 Å². The fourth-order valence-corrected chi connectivity index (χ4v) is 3.34. The first kappa shape index (κ1) is 15.6. The molecule has 128 valence electrons. The van der Waals surface area contributed by atoms with Crippen molar-refractivity contribution in [3.63, 3.8) is 0 Å². The van der Waals surface area contributed by atoms with Crippen LogP contribution in [0, 0.1) is 12.3 Å². The van der Waals surface area contributed by atoms with Crippen molar-refractivity contribution < 1.29 is 14.4 Å². The number of carboxylic acid groups (broad SMARTS) is 1. The first-order chi connectivity index (χ1) is 11.9. The van der Waals surface area contributed by atoms with Crippen molar-refractivity contribution in [3.05, 3.63) is 36.4 Å². The lowest BCUT2D eigenvalue weighted by atomic mass is 9.67. The van der Waals surface area contributed by atoms with Crippen LogP contribution in [0.2, 0.25) is 0 Å². The number of aliphatic carboxylic acids is 1. The van der Waals surface area contributed by atoms with E-state index in [1.165, 1.54) is 0 Å². The van der Waals surface area contributed by atoms with Gasteiger partial charge in [0.2, 0.25) is 11.7 Å². The monoisotopic (exact) mass is 338 g/mol. The standard InChI is InChI=1S/C18H18N4O3/c1-10-20-15(22-25-10)12-4-3-11-5-6-19-16(14(11)7-12)21-13-8-18(2,9-13)17(23)24/h3-7,13H,8-9H2,1-2H3,(H,19,21)(H,23,24). The van der Waals surface area contributed by atoms with Crippen LogP contribution in [0.1, 0.15) is 25.7 Å².